The number of benzene rings is 1. The van der Waals surface area contributed by atoms with Gasteiger partial charge in [-0.25, -0.2) is 9.97 Å². The third-order valence-electron chi connectivity index (χ3n) is 3.39. The van der Waals surface area contributed by atoms with Crippen LogP contribution >= 0.6 is 0 Å². The fourth-order valence-electron chi connectivity index (χ4n) is 2.35. The Labute approximate surface area is 123 Å². The zero-order valence-electron chi connectivity index (χ0n) is 12.2. The van der Waals surface area contributed by atoms with E-state index in [1.807, 2.05) is 19.3 Å². The molecule has 1 aromatic carbocycles. The summed E-state index contributed by atoms with van der Waals surface area (Å²) in [5, 5.41) is 1.23. The number of fused-ring (bicyclic) bond motifs is 1. The second kappa shape index (κ2) is 5.93. The highest BCUT2D eigenvalue weighted by Crippen LogP contribution is 2.17. The van der Waals surface area contributed by atoms with Crippen molar-refractivity contribution in [2.75, 3.05) is 19.1 Å². The quantitative estimate of drug-likeness (QED) is 0.782. The van der Waals surface area contributed by atoms with Crippen LogP contribution in [0.25, 0.3) is 10.9 Å². The first-order valence-electron chi connectivity index (χ1n) is 6.84. The topological polar surface area (TPSA) is 54.0 Å². The van der Waals surface area contributed by atoms with Crippen molar-refractivity contribution in [3.05, 3.63) is 54.1 Å². The number of rotatable bonds is 5. The molecule has 0 amide bonds. The van der Waals surface area contributed by atoms with E-state index in [-0.39, 0.29) is 0 Å². The van der Waals surface area contributed by atoms with E-state index in [1.165, 1.54) is 10.9 Å². The fraction of sp³-hybridized carbons (Fsp3) is 0.250. The number of hydrogen-bond donors (Lipinski definition) is 1. The largest absolute Gasteiger partial charge is 0.377 e. The predicted molar refractivity (Wildman–Crippen MR) is 83.2 cm³/mol. The van der Waals surface area contributed by atoms with Gasteiger partial charge < -0.3 is 14.6 Å². The van der Waals surface area contributed by atoms with Gasteiger partial charge in [0.25, 0.3) is 0 Å². The van der Waals surface area contributed by atoms with E-state index in [4.69, 9.17) is 4.74 Å². The minimum absolute atomic E-state index is 0.427. The van der Waals surface area contributed by atoms with Gasteiger partial charge in [-0.1, -0.05) is 12.1 Å². The van der Waals surface area contributed by atoms with Crippen LogP contribution in [0.15, 0.2) is 42.7 Å². The Morgan fingerprint density at radius 1 is 1.24 bits per heavy atom. The summed E-state index contributed by atoms with van der Waals surface area (Å²) < 4.78 is 5.07. The van der Waals surface area contributed by atoms with Crippen LogP contribution in [0.1, 0.15) is 11.4 Å². The van der Waals surface area contributed by atoms with Gasteiger partial charge >= 0.3 is 0 Å². The Morgan fingerprint density at radius 3 is 3.00 bits per heavy atom. The van der Waals surface area contributed by atoms with Crippen molar-refractivity contribution in [2.45, 2.75) is 13.2 Å². The number of hydrogen-bond acceptors (Lipinski definition) is 4. The molecule has 0 atom stereocenters. The van der Waals surface area contributed by atoms with E-state index in [0.717, 1.165) is 17.9 Å². The van der Waals surface area contributed by atoms with Crippen LogP contribution in [0.5, 0.6) is 0 Å². The van der Waals surface area contributed by atoms with Crippen molar-refractivity contribution in [3.8, 4) is 0 Å². The standard InChI is InChI=1S/C16H18N4O/c1-20(16-6-8-18-15(19-16)11-21-2)10-12-3-4-13-5-7-17-14(13)9-12/h3-9,17H,10-11H2,1-2H3. The summed E-state index contributed by atoms with van der Waals surface area (Å²) in [7, 11) is 3.67. The number of methoxy groups -OCH3 is 1. The molecule has 0 radical (unpaired) electrons. The Balaban J connectivity index is 1.78. The molecule has 0 spiro atoms. The third kappa shape index (κ3) is 3.03. The molecule has 1 N–H and O–H groups in total. The van der Waals surface area contributed by atoms with E-state index in [2.05, 4.69) is 44.1 Å². The number of nitrogens with zero attached hydrogens (tertiary/aromatic N) is 3. The Morgan fingerprint density at radius 2 is 2.14 bits per heavy atom. The second-order valence-electron chi connectivity index (χ2n) is 5.02. The van der Waals surface area contributed by atoms with Crippen LogP contribution in [0.2, 0.25) is 0 Å². The highest BCUT2D eigenvalue weighted by atomic mass is 16.5. The summed E-state index contributed by atoms with van der Waals surface area (Å²) >= 11 is 0. The van der Waals surface area contributed by atoms with E-state index in [0.29, 0.717) is 12.4 Å². The van der Waals surface area contributed by atoms with Crippen molar-refractivity contribution in [3.63, 3.8) is 0 Å². The van der Waals surface area contributed by atoms with Gasteiger partial charge in [-0.15, -0.1) is 0 Å². The lowest BCUT2D eigenvalue weighted by atomic mass is 10.1. The van der Waals surface area contributed by atoms with Gasteiger partial charge in [0.15, 0.2) is 5.82 Å². The lowest BCUT2D eigenvalue weighted by molar-refractivity contribution is 0.178. The van der Waals surface area contributed by atoms with E-state index >= 15 is 0 Å². The monoisotopic (exact) mass is 282 g/mol. The van der Waals surface area contributed by atoms with Crippen molar-refractivity contribution in [1.82, 2.24) is 15.0 Å². The maximum Gasteiger partial charge on any atom is 0.156 e. The van der Waals surface area contributed by atoms with Gasteiger partial charge in [0, 0.05) is 38.6 Å². The first kappa shape index (κ1) is 13.6. The molecular weight excluding hydrogens is 264 g/mol. The van der Waals surface area contributed by atoms with Gasteiger partial charge in [-0.05, 0) is 29.1 Å². The highest BCUT2D eigenvalue weighted by molar-refractivity contribution is 5.79. The Kier molecular flexibility index (Phi) is 3.83. The van der Waals surface area contributed by atoms with Crippen LogP contribution in [-0.4, -0.2) is 29.1 Å². The normalized spacial score (nSPS) is 11.0. The minimum atomic E-state index is 0.427. The molecule has 108 valence electrons. The van der Waals surface area contributed by atoms with Gasteiger partial charge in [0.2, 0.25) is 0 Å². The molecule has 5 nitrogen and oxygen atoms in total. The van der Waals surface area contributed by atoms with E-state index in [9.17, 15) is 0 Å². The maximum atomic E-state index is 5.07. The summed E-state index contributed by atoms with van der Waals surface area (Å²) in [4.78, 5) is 14.0. The van der Waals surface area contributed by atoms with Gasteiger partial charge in [-0.3, -0.25) is 0 Å². The van der Waals surface area contributed by atoms with Crippen molar-refractivity contribution >= 4 is 16.7 Å². The van der Waals surface area contributed by atoms with E-state index < -0.39 is 0 Å². The number of ether oxygens (including phenoxy) is 1. The maximum absolute atomic E-state index is 5.07. The lowest BCUT2D eigenvalue weighted by Crippen LogP contribution is -2.18. The zero-order valence-corrected chi connectivity index (χ0v) is 12.2. The minimum Gasteiger partial charge on any atom is -0.377 e. The molecule has 0 unspecified atom stereocenters. The van der Waals surface area contributed by atoms with Crippen molar-refractivity contribution in [2.24, 2.45) is 0 Å². The van der Waals surface area contributed by atoms with Crippen molar-refractivity contribution < 1.29 is 4.74 Å². The number of nitrogens with one attached hydrogen (secondary N) is 1. The second-order valence-corrected chi connectivity index (χ2v) is 5.02. The first-order chi connectivity index (χ1) is 10.3. The van der Waals surface area contributed by atoms with Gasteiger partial charge in [0.05, 0.1) is 0 Å². The van der Waals surface area contributed by atoms with E-state index in [1.54, 1.807) is 13.3 Å². The average Bonchev–Trinajstić information content (AvgIpc) is 2.95. The van der Waals surface area contributed by atoms with Crippen molar-refractivity contribution in [1.29, 1.82) is 0 Å². The predicted octanol–water partition coefficient (Wildman–Crippen LogP) is 2.74. The molecule has 0 aliphatic carbocycles. The van der Waals surface area contributed by atoms with Crippen LogP contribution in [-0.2, 0) is 17.9 Å². The molecule has 0 aliphatic heterocycles. The molecule has 21 heavy (non-hydrogen) atoms. The van der Waals surface area contributed by atoms with Crippen LogP contribution < -0.4 is 4.90 Å². The Hall–Kier alpha value is -2.40. The summed E-state index contributed by atoms with van der Waals surface area (Å²) in [6.07, 6.45) is 3.72. The molecule has 3 rings (SSSR count). The Bertz CT molecular complexity index is 738. The SMILES string of the molecule is COCc1nccc(N(C)Cc2ccc3cc[nH]c3c2)n1. The summed E-state index contributed by atoms with van der Waals surface area (Å²) in [6.45, 7) is 1.22. The van der Waals surface area contributed by atoms with Crippen LogP contribution in [0, 0.1) is 0 Å². The molecule has 2 heterocycles. The number of aromatic nitrogens is 3. The number of anilines is 1. The fourth-order valence-corrected chi connectivity index (χ4v) is 2.35. The van der Waals surface area contributed by atoms with Gasteiger partial charge in [0.1, 0.15) is 12.4 Å². The molecular formula is C16H18N4O. The van der Waals surface area contributed by atoms with Gasteiger partial charge in [-0.2, -0.15) is 0 Å². The number of H-pyrrole nitrogens is 1. The number of aromatic amines is 1. The lowest BCUT2D eigenvalue weighted by Gasteiger charge is -2.18. The zero-order chi connectivity index (χ0) is 14.7. The smallest absolute Gasteiger partial charge is 0.156 e. The molecule has 2 aromatic heterocycles. The molecule has 0 bridgehead atoms. The van der Waals surface area contributed by atoms with Crippen LogP contribution in [0.4, 0.5) is 5.82 Å². The first-order valence-corrected chi connectivity index (χ1v) is 6.84. The molecule has 0 aliphatic rings. The highest BCUT2D eigenvalue weighted by Gasteiger charge is 2.06. The molecule has 0 saturated carbocycles. The molecule has 0 saturated heterocycles. The molecule has 0 fully saturated rings. The molecule has 3 aromatic rings. The van der Waals surface area contributed by atoms with Crippen LogP contribution in [0.3, 0.4) is 0 Å². The third-order valence-corrected chi connectivity index (χ3v) is 3.39. The summed E-state index contributed by atoms with van der Waals surface area (Å²) in [5.41, 5.74) is 2.39. The molecule has 5 heteroatoms. The summed E-state index contributed by atoms with van der Waals surface area (Å²) in [5.74, 6) is 1.59. The summed E-state index contributed by atoms with van der Waals surface area (Å²) in [6, 6.07) is 10.4. The average molecular weight is 282 g/mol.